The van der Waals surface area contributed by atoms with Crippen LogP contribution in [0.3, 0.4) is 0 Å². The van der Waals surface area contributed by atoms with Crippen molar-refractivity contribution < 1.29 is 24.2 Å². The molecule has 0 saturated carbocycles. The minimum atomic E-state index is -1.01. The van der Waals surface area contributed by atoms with Crippen LogP contribution in [-0.2, 0) is 11.2 Å². The average molecular weight is 371 g/mol. The van der Waals surface area contributed by atoms with Crippen molar-refractivity contribution in [1.29, 1.82) is 0 Å². The molecule has 0 aliphatic carbocycles. The summed E-state index contributed by atoms with van der Waals surface area (Å²) in [5.74, 6) is -0.316. The second kappa shape index (κ2) is 9.62. The highest BCUT2D eigenvalue weighted by molar-refractivity contribution is 5.94. The molecule has 2 rings (SSSR count). The van der Waals surface area contributed by atoms with Gasteiger partial charge in [-0.3, -0.25) is 9.59 Å². The SMILES string of the molecule is CCCc1ccc(C(=O)NC(CC(=O)O)c2ccc(OC)c(OC)c2)cc1. The molecule has 0 fully saturated rings. The Balaban J connectivity index is 2.23. The number of amides is 1. The Kier molecular flexibility index (Phi) is 7.23. The van der Waals surface area contributed by atoms with Gasteiger partial charge >= 0.3 is 5.97 Å². The van der Waals surface area contributed by atoms with Gasteiger partial charge in [-0.2, -0.15) is 0 Å². The number of aryl methyl sites for hydroxylation is 1. The van der Waals surface area contributed by atoms with Gasteiger partial charge in [0.15, 0.2) is 11.5 Å². The molecular formula is C21H25NO5. The maximum absolute atomic E-state index is 12.6. The van der Waals surface area contributed by atoms with Crippen molar-refractivity contribution in [2.24, 2.45) is 0 Å². The Morgan fingerprint density at radius 1 is 1.04 bits per heavy atom. The zero-order chi connectivity index (χ0) is 19.8. The summed E-state index contributed by atoms with van der Waals surface area (Å²) in [5, 5.41) is 12.0. The fraction of sp³-hybridized carbons (Fsp3) is 0.333. The Morgan fingerprint density at radius 3 is 2.26 bits per heavy atom. The molecule has 6 nitrogen and oxygen atoms in total. The number of carbonyl (C=O) groups is 2. The van der Waals surface area contributed by atoms with Gasteiger partial charge in [0, 0.05) is 5.56 Å². The van der Waals surface area contributed by atoms with Gasteiger partial charge in [0.05, 0.1) is 26.7 Å². The first-order chi connectivity index (χ1) is 13.0. The number of ether oxygens (including phenoxy) is 2. The van der Waals surface area contributed by atoms with Crippen LogP contribution in [0.1, 0.15) is 47.3 Å². The van der Waals surface area contributed by atoms with Crippen LogP contribution >= 0.6 is 0 Å². The Hall–Kier alpha value is -3.02. The smallest absolute Gasteiger partial charge is 0.305 e. The number of hydrogen-bond donors (Lipinski definition) is 2. The first-order valence-corrected chi connectivity index (χ1v) is 8.82. The third-order valence-corrected chi connectivity index (χ3v) is 4.25. The Labute approximate surface area is 159 Å². The van der Waals surface area contributed by atoms with Crippen molar-refractivity contribution in [3.8, 4) is 11.5 Å². The second-order valence-corrected chi connectivity index (χ2v) is 6.19. The van der Waals surface area contributed by atoms with Gasteiger partial charge in [-0.05, 0) is 41.8 Å². The van der Waals surface area contributed by atoms with E-state index in [0.717, 1.165) is 18.4 Å². The van der Waals surface area contributed by atoms with E-state index in [-0.39, 0.29) is 12.3 Å². The van der Waals surface area contributed by atoms with Crippen LogP contribution in [0.15, 0.2) is 42.5 Å². The third-order valence-electron chi connectivity index (χ3n) is 4.25. The first-order valence-electron chi connectivity index (χ1n) is 8.82. The van der Waals surface area contributed by atoms with Gasteiger partial charge in [-0.15, -0.1) is 0 Å². The van der Waals surface area contributed by atoms with Crippen LogP contribution in [0.4, 0.5) is 0 Å². The maximum atomic E-state index is 12.6. The standard InChI is InChI=1S/C21H25NO5/c1-4-5-14-6-8-15(9-7-14)21(25)22-17(13-20(23)24)16-10-11-18(26-2)19(12-16)27-3/h6-12,17H,4-5,13H2,1-3H3,(H,22,25)(H,23,24). The molecule has 0 radical (unpaired) electrons. The highest BCUT2D eigenvalue weighted by atomic mass is 16.5. The second-order valence-electron chi connectivity index (χ2n) is 6.19. The van der Waals surface area contributed by atoms with Gasteiger partial charge in [-0.1, -0.05) is 31.5 Å². The first kappa shape index (κ1) is 20.3. The summed E-state index contributed by atoms with van der Waals surface area (Å²) in [6.45, 7) is 2.10. The van der Waals surface area contributed by atoms with Crippen molar-refractivity contribution in [2.45, 2.75) is 32.2 Å². The van der Waals surface area contributed by atoms with Gasteiger partial charge in [0.1, 0.15) is 0 Å². The van der Waals surface area contributed by atoms with E-state index in [0.29, 0.717) is 22.6 Å². The number of aliphatic carboxylic acids is 1. The van der Waals surface area contributed by atoms with Crippen LogP contribution in [-0.4, -0.2) is 31.2 Å². The molecule has 2 aromatic carbocycles. The summed E-state index contributed by atoms with van der Waals surface area (Å²) in [5.41, 5.74) is 2.28. The molecule has 0 aromatic heterocycles. The number of nitrogens with one attached hydrogen (secondary N) is 1. The summed E-state index contributed by atoms with van der Waals surface area (Å²) < 4.78 is 10.5. The zero-order valence-electron chi connectivity index (χ0n) is 15.8. The summed E-state index contributed by atoms with van der Waals surface area (Å²) in [6.07, 6.45) is 1.75. The zero-order valence-corrected chi connectivity index (χ0v) is 15.8. The fourth-order valence-electron chi connectivity index (χ4n) is 2.85. The lowest BCUT2D eigenvalue weighted by molar-refractivity contribution is -0.137. The average Bonchev–Trinajstić information content (AvgIpc) is 2.67. The minimum absolute atomic E-state index is 0.241. The maximum Gasteiger partial charge on any atom is 0.305 e. The van der Waals surface area contributed by atoms with Crippen molar-refractivity contribution >= 4 is 11.9 Å². The normalized spacial score (nSPS) is 11.5. The number of benzene rings is 2. The molecule has 0 saturated heterocycles. The summed E-state index contributed by atoms with van der Waals surface area (Å²) in [7, 11) is 3.03. The van der Waals surface area contributed by atoms with E-state index >= 15 is 0 Å². The number of methoxy groups -OCH3 is 2. The highest BCUT2D eigenvalue weighted by Gasteiger charge is 2.20. The van der Waals surface area contributed by atoms with Crippen molar-refractivity contribution in [3.05, 3.63) is 59.2 Å². The molecule has 27 heavy (non-hydrogen) atoms. The molecule has 0 bridgehead atoms. The molecule has 1 unspecified atom stereocenters. The number of carboxylic acids is 1. The van der Waals surface area contributed by atoms with Crippen LogP contribution in [0.25, 0.3) is 0 Å². The van der Waals surface area contributed by atoms with Crippen LogP contribution in [0.5, 0.6) is 11.5 Å². The molecule has 0 aliphatic rings. The van der Waals surface area contributed by atoms with Gasteiger partial charge in [0.25, 0.3) is 5.91 Å². The van der Waals surface area contributed by atoms with Gasteiger partial charge in [-0.25, -0.2) is 0 Å². The fourth-order valence-corrected chi connectivity index (χ4v) is 2.85. The molecule has 2 N–H and O–H groups in total. The van der Waals surface area contributed by atoms with E-state index in [4.69, 9.17) is 9.47 Å². The predicted molar refractivity (Wildman–Crippen MR) is 102 cm³/mol. The largest absolute Gasteiger partial charge is 0.493 e. The van der Waals surface area contributed by atoms with E-state index in [1.807, 2.05) is 12.1 Å². The number of hydrogen-bond acceptors (Lipinski definition) is 4. The van der Waals surface area contributed by atoms with Crippen LogP contribution in [0, 0.1) is 0 Å². The van der Waals surface area contributed by atoms with Gasteiger partial charge < -0.3 is 19.9 Å². The Bertz CT molecular complexity index is 786. The summed E-state index contributed by atoms with van der Waals surface area (Å²) in [6, 6.07) is 11.7. The van der Waals surface area contributed by atoms with Crippen molar-refractivity contribution in [1.82, 2.24) is 5.32 Å². The number of carbonyl (C=O) groups excluding carboxylic acids is 1. The molecule has 0 heterocycles. The van der Waals surface area contributed by atoms with Crippen molar-refractivity contribution in [2.75, 3.05) is 14.2 Å². The molecular weight excluding hydrogens is 346 g/mol. The molecule has 0 aliphatic heterocycles. The third kappa shape index (κ3) is 5.48. The molecule has 0 spiro atoms. The number of carboxylic acid groups (broad SMARTS) is 1. The summed E-state index contributed by atoms with van der Waals surface area (Å²) >= 11 is 0. The van der Waals surface area contributed by atoms with Crippen LogP contribution < -0.4 is 14.8 Å². The van der Waals surface area contributed by atoms with E-state index in [1.165, 1.54) is 14.2 Å². The molecule has 144 valence electrons. The minimum Gasteiger partial charge on any atom is -0.493 e. The monoisotopic (exact) mass is 371 g/mol. The molecule has 1 amide bonds. The van der Waals surface area contributed by atoms with E-state index in [2.05, 4.69) is 12.2 Å². The molecule has 6 heteroatoms. The van der Waals surface area contributed by atoms with Crippen LogP contribution in [0.2, 0.25) is 0 Å². The van der Waals surface area contributed by atoms with E-state index in [9.17, 15) is 14.7 Å². The lowest BCUT2D eigenvalue weighted by Gasteiger charge is -2.19. The topological polar surface area (TPSA) is 84.9 Å². The quantitative estimate of drug-likeness (QED) is 0.703. The number of rotatable bonds is 9. The van der Waals surface area contributed by atoms with E-state index < -0.39 is 12.0 Å². The predicted octanol–water partition coefficient (Wildman–Crippen LogP) is 3.60. The molecule has 1 atom stereocenters. The van der Waals surface area contributed by atoms with Crippen molar-refractivity contribution in [3.63, 3.8) is 0 Å². The highest BCUT2D eigenvalue weighted by Crippen LogP contribution is 2.31. The van der Waals surface area contributed by atoms with Gasteiger partial charge in [0.2, 0.25) is 0 Å². The lowest BCUT2D eigenvalue weighted by Crippen LogP contribution is -2.30. The summed E-state index contributed by atoms with van der Waals surface area (Å²) in [4.78, 5) is 23.9. The molecule has 2 aromatic rings. The lowest BCUT2D eigenvalue weighted by atomic mass is 10.0. The Morgan fingerprint density at radius 2 is 1.70 bits per heavy atom. The van der Waals surface area contributed by atoms with E-state index in [1.54, 1.807) is 30.3 Å².